The van der Waals surface area contributed by atoms with E-state index in [9.17, 15) is 28.0 Å². The molecule has 0 saturated carbocycles. The lowest BCUT2D eigenvalue weighted by Crippen LogP contribution is -2.46. The Morgan fingerprint density at radius 2 is 1.81 bits per heavy atom. The summed E-state index contributed by atoms with van der Waals surface area (Å²) in [6.45, 7) is 2.42. The van der Waals surface area contributed by atoms with Gasteiger partial charge in [-0.15, -0.1) is 0 Å². The van der Waals surface area contributed by atoms with Gasteiger partial charge in [0, 0.05) is 32.6 Å². The minimum Gasteiger partial charge on any atom is -0.356 e. The smallest absolute Gasteiger partial charge is 0.356 e. The molecule has 0 bridgehead atoms. The molecule has 1 aliphatic heterocycles. The molecule has 2 aliphatic rings. The van der Waals surface area contributed by atoms with Gasteiger partial charge in [-0.1, -0.05) is 12.2 Å². The van der Waals surface area contributed by atoms with Crippen molar-refractivity contribution < 1.29 is 22.8 Å². The van der Waals surface area contributed by atoms with Gasteiger partial charge in [-0.25, -0.2) is 0 Å². The van der Waals surface area contributed by atoms with E-state index in [-0.39, 0.29) is 12.5 Å². The molecule has 2 rings (SSSR count). The standard InChI is InChI=1S/C23H35F3N4O2/c1-21(17-29(2)3,23(24,25)26)15-19(31)28-12-6-7-18-8-13-30(14-9-18)20(32)22(16-27)10-4-5-11-22/h4-5,18H,6-15,17H2,1-3H3,(H,28,31). The minimum absolute atomic E-state index is 0.0823. The first-order valence-electron chi connectivity index (χ1n) is 11.3. The van der Waals surface area contributed by atoms with Gasteiger partial charge in [0.05, 0.1) is 11.5 Å². The van der Waals surface area contributed by atoms with Crippen molar-refractivity contribution >= 4 is 11.8 Å². The number of rotatable bonds is 9. The van der Waals surface area contributed by atoms with Crippen LogP contribution in [0, 0.1) is 28.1 Å². The predicted octanol–water partition coefficient (Wildman–Crippen LogP) is 3.50. The first-order chi connectivity index (χ1) is 14.9. The fourth-order valence-corrected chi connectivity index (χ4v) is 4.67. The van der Waals surface area contributed by atoms with Gasteiger partial charge >= 0.3 is 6.18 Å². The summed E-state index contributed by atoms with van der Waals surface area (Å²) in [6.07, 6.45) is 2.89. The fourth-order valence-electron chi connectivity index (χ4n) is 4.67. The maximum Gasteiger partial charge on any atom is 0.395 e. The topological polar surface area (TPSA) is 76.4 Å². The zero-order valence-electron chi connectivity index (χ0n) is 19.3. The van der Waals surface area contributed by atoms with Crippen molar-refractivity contribution in [3.8, 4) is 6.07 Å². The number of alkyl halides is 3. The molecule has 0 spiro atoms. The Kier molecular flexibility index (Phi) is 8.74. The summed E-state index contributed by atoms with van der Waals surface area (Å²) >= 11 is 0. The second-order valence-electron chi connectivity index (χ2n) is 9.77. The number of carbonyl (C=O) groups is 2. The van der Waals surface area contributed by atoms with E-state index >= 15 is 0 Å². The van der Waals surface area contributed by atoms with E-state index in [4.69, 9.17) is 0 Å². The molecule has 1 N–H and O–H groups in total. The summed E-state index contributed by atoms with van der Waals surface area (Å²) in [5.74, 6) is -0.259. The highest BCUT2D eigenvalue weighted by Gasteiger charge is 2.52. The Morgan fingerprint density at radius 1 is 1.22 bits per heavy atom. The van der Waals surface area contributed by atoms with Crippen LogP contribution in [0.25, 0.3) is 0 Å². The van der Waals surface area contributed by atoms with Crippen LogP contribution < -0.4 is 5.32 Å². The first-order valence-corrected chi connectivity index (χ1v) is 11.3. The molecule has 0 radical (unpaired) electrons. The second-order valence-corrected chi connectivity index (χ2v) is 9.77. The Labute approximate surface area is 188 Å². The van der Waals surface area contributed by atoms with Crippen LogP contribution in [0.3, 0.4) is 0 Å². The molecular formula is C23H35F3N4O2. The van der Waals surface area contributed by atoms with Crippen LogP contribution in [-0.2, 0) is 9.59 Å². The van der Waals surface area contributed by atoms with Crippen molar-refractivity contribution in [2.75, 3.05) is 40.3 Å². The number of carbonyl (C=O) groups excluding carboxylic acids is 2. The maximum absolute atomic E-state index is 13.4. The van der Waals surface area contributed by atoms with Crippen molar-refractivity contribution in [3.05, 3.63) is 12.2 Å². The van der Waals surface area contributed by atoms with Crippen LogP contribution in [0.1, 0.15) is 51.9 Å². The third-order valence-corrected chi connectivity index (χ3v) is 6.64. The van der Waals surface area contributed by atoms with Crippen LogP contribution in [0.15, 0.2) is 12.2 Å². The number of likely N-dealkylation sites (tertiary alicyclic amines) is 1. The molecule has 2 amide bonds. The maximum atomic E-state index is 13.4. The molecule has 180 valence electrons. The zero-order valence-corrected chi connectivity index (χ0v) is 19.3. The van der Waals surface area contributed by atoms with Crippen molar-refractivity contribution in [1.82, 2.24) is 15.1 Å². The molecule has 1 unspecified atom stereocenters. The predicted molar refractivity (Wildman–Crippen MR) is 115 cm³/mol. The number of amides is 2. The zero-order chi connectivity index (χ0) is 24.0. The summed E-state index contributed by atoms with van der Waals surface area (Å²) in [4.78, 5) is 28.1. The molecule has 1 atom stereocenters. The number of halogens is 3. The molecule has 0 aromatic rings. The number of hydrogen-bond acceptors (Lipinski definition) is 4. The number of nitrogens with zero attached hydrogens (tertiary/aromatic N) is 3. The van der Waals surface area contributed by atoms with E-state index < -0.39 is 29.3 Å². The van der Waals surface area contributed by atoms with Crippen LogP contribution in [0.2, 0.25) is 0 Å². The Balaban J connectivity index is 1.70. The largest absolute Gasteiger partial charge is 0.395 e. The summed E-state index contributed by atoms with van der Waals surface area (Å²) in [6, 6.07) is 2.21. The lowest BCUT2D eigenvalue weighted by molar-refractivity contribution is -0.223. The quantitative estimate of drug-likeness (QED) is 0.426. The van der Waals surface area contributed by atoms with Gasteiger partial charge in [0.25, 0.3) is 0 Å². The van der Waals surface area contributed by atoms with Crippen LogP contribution >= 0.6 is 0 Å². The van der Waals surface area contributed by atoms with E-state index in [2.05, 4.69) is 11.4 Å². The molecule has 32 heavy (non-hydrogen) atoms. The monoisotopic (exact) mass is 456 g/mol. The highest BCUT2D eigenvalue weighted by Crippen LogP contribution is 2.41. The molecule has 6 nitrogen and oxygen atoms in total. The van der Waals surface area contributed by atoms with Crippen molar-refractivity contribution in [2.24, 2.45) is 16.7 Å². The number of nitriles is 1. The lowest BCUT2D eigenvalue weighted by Gasteiger charge is -2.36. The van der Waals surface area contributed by atoms with Gasteiger partial charge in [-0.2, -0.15) is 18.4 Å². The van der Waals surface area contributed by atoms with E-state index in [0.29, 0.717) is 44.8 Å². The molecule has 1 heterocycles. The average Bonchev–Trinajstić information content (AvgIpc) is 3.20. The van der Waals surface area contributed by atoms with E-state index in [1.807, 2.05) is 12.2 Å². The van der Waals surface area contributed by atoms with Crippen molar-refractivity contribution in [3.63, 3.8) is 0 Å². The van der Waals surface area contributed by atoms with E-state index in [0.717, 1.165) is 26.2 Å². The van der Waals surface area contributed by atoms with Gasteiger partial charge in [-0.05, 0) is 65.5 Å². The van der Waals surface area contributed by atoms with Crippen molar-refractivity contribution in [1.29, 1.82) is 5.26 Å². The van der Waals surface area contributed by atoms with Gasteiger partial charge in [0.1, 0.15) is 5.41 Å². The van der Waals surface area contributed by atoms with Crippen LogP contribution in [0.5, 0.6) is 0 Å². The first kappa shape index (κ1) is 26.2. The SMILES string of the molecule is CN(C)CC(C)(CC(=O)NCCCC1CCN(C(=O)C2(C#N)CC=CC2)CC1)C(F)(F)F. The van der Waals surface area contributed by atoms with Crippen molar-refractivity contribution in [2.45, 2.75) is 58.0 Å². The Bertz CT molecular complexity index is 729. The Hall–Kier alpha value is -2.08. The minimum atomic E-state index is -4.46. The van der Waals surface area contributed by atoms with E-state index in [1.165, 1.54) is 4.90 Å². The molecular weight excluding hydrogens is 421 g/mol. The summed E-state index contributed by atoms with van der Waals surface area (Å²) in [5, 5.41) is 12.1. The van der Waals surface area contributed by atoms with Gasteiger partial charge < -0.3 is 15.1 Å². The Morgan fingerprint density at radius 3 is 2.31 bits per heavy atom. The summed E-state index contributed by atoms with van der Waals surface area (Å²) in [5.41, 5.74) is -3.02. The molecule has 1 saturated heterocycles. The summed E-state index contributed by atoms with van der Waals surface area (Å²) in [7, 11) is 3.12. The normalized spacial score (nSPS) is 20.8. The molecule has 0 aromatic carbocycles. The molecule has 1 fully saturated rings. The third kappa shape index (κ3) is 6.47. The number of allylic oxidation sites excluding steroid dienone is 2. The second kappa shape index (κ2) is 10.7. The summed E-state index contributed by atoms with van der Waals surface area (Å²) < 4.78 is 40.3. The van der Waals surface area contributed by atoms with Crippen LogP contribution in [-0.4, -0.2) is 68.1 Å². The van der Waals surface area contributed by atoms with Gasteiger partial charge in [0.15, 0.2) is 0 Å². The van der Waals surface area contributed by atoms with E-state index in [1.54, 1.807) is 19.0 Å². The highest BCUT2D eigenvalue weighted by molar-refractivity contribution is 5.86. The number of nitrogens with one attached hydrogen (secondary N) is 1. The number of hydrogen-bond donors (Lipinski definition) is 1. The number of piperidine rings is 1. The van der Waals surface area contributed by atoms with Crippen LogP contribution in [0.4, 0.5) is 13.2 Å². The highest BCUT2D eigenvalue weighted by atomic mass is 19.4. The van der Waals surface area contributed by atoms with Gasteiger partial charge in [0.2, 0.25) is 11.8 Å². The fraction of sp³-hybridized carbons (Fsp3) is 0.783. The average molecular weight is 457 g/mol. The molecule has 9 heteroatoms. The lowest BCUT2D eigenvalue weighted by atomic mass is 9.84. The molecule has 1 aliphatic carbocycles. The third-order valence-electron chi connectivity index (χ3n) is 6.64. The molecule has 0 aromatic heterocycles. The van der Waals surface area contributed by atoms with Gasteiger partial charge in [-0.3, -0.25) is 9.59 Å².